The number of carbonyl (C=O) groups is 5. The van der Waals surface area contributed by atoms with Gasteiger partial charge in [0.25, 0.3) is 5.91 Å². The normalized spacial score (nSPS) is 16.6. The molecule has 196 valence electrons. The highest BCUT2D eigenvalue weighted by Gasteiger charge is 2.42. The lowest BCUT2D eigenvalue weighted by atomic mass is 10.0. The van der Waals surface area contributed by atoms with Crippen LogP contribution in [0.15, 0.2) is 35.3 Å². The highest BCUT2D eigenvalue weighted by Crippen LogP contribution is 2.23. The van der Waals surface area contributed by atoms with Crippen molar-refractivity contribution in [2.45, 2.75) is 63.1 Å². The van der Waals surface area contributed by atoms with E-state index >= 15 is 0 Å². The highest BCUT2D eigenvalue weighted by molar-refractivity contribution is 6.02. The second-order valence-corrected chi connectivity index (χ2v) is 8.63. The maximum Gasteiger partial charge on any atom is 0.305 e. The molecule has 0 bridgehead atoms. The summed E-state index contributed by atoms with van der Waals surface area (Å²) in [4.78, 5) is 68.7. The Morgan fingerprint density at radius 3 is 2.50 bits per heavy atom. The third-order valence-corrected chi connectivity index (χ3v) is 5.95. The number of carbonyl (C=O) groups excluding carboxylic acids is 4. The molecule has 1 aromatic rings. The largest absolute Gasteiger partial charge is 0.481 e. The van der Waals surface area contributed by atoms with Gasteiger partial charge in [-0.2, -0.15) is 0 Å². The van der Waals surface area contributed by atoms with Gasteiger partial charge in [-0.3, -0.25) is 29.1 Å². The van der Waals surface area contributed by atoms with E-state index in [9.17, 15) is 24.0 Å². The Bertz CT molecular complexity index is 965. The monoisotopic (exact) mass is 502 g/mol. The van der Waals surface area contributed by atoms with Crippen LogP contribution in [0.2, 0.25) is 0 Å². The van der Waals surface area contributed by atoms with Crippen LogP contribution >= 0.6 is 0 Å². The number of carboxylic acid groups (broad SMARTS) is 1. The number of nitrogens with zero attached hydrogens (tertiary/aromatic N) is 3. The fourth-order valence-corrected chi connectivity index (χ4v) is 4.19. The Kier molecular flexibility index (Phi) is 11.0. The van der Waals surface area contributed by atoms with E-state index in [1.165, 1.54) is 4.90 Å². The van der Waals surface area contributed by atoms with Crippen LogP contribution in [0.3, 0.4) is 0 Å². The number of carboxylic acids is 1. The second-order valence-electron chi connectivity index (χ2n) is 8.63. The molecule has 1 aliphatic heterocycles. The van der Waals surface area contributed by atoms with Crippen molar-refractivity contribution >= 4 is 35.9 Å². The van der Waals surface area contributed by atoms with Crippen LogP contribution < -0.4 is 17.2 Å². The van der Waals surface area contributed by atoms with Crippen molar-refractivity contribution in [2.75, 3.05) is 13.1 Å². The number of hydrogen-bond acceptors (Lipinski definition) is 7. The Morgan fingerprint density at radius 2 is 1.89 bits per heavy atom. The molecule has 1 saturated heterocycles. The molecular weight excluding hydrogens is 468 g/mol. The van der Waals surface area contributed by atoms with Crippen molar-refractivity contribution < 1.29 is 29.1 Å². The lowest BCUT2D eigenvalue weighted by molar-refractivity contribution is -0.155. The topological polar surface area (TPSA) is 202 Å². The maximum absolute atomic E-state index is 13.6. The van der Waals surface area contributed by atoms with Crippen LogP contribution in [-0.4, -0.2) is 82.1 Å². The minimum absolute atomic E-state index is 0.0206. The summed E-state index contributed by atoms with van der Waals surface area (Å²) in [5.74, 6) is -3.25. The van der Waals surface area contributed by atoms with Crippen molar-refractivity contribution in [2.24, 2.45) is 22.2 Å². The number of aryl methyl sites for hydroxylation is 1. The minimum atomic E-state index is -1.32. The molecule has 3 amide bonds. The molecule has 0 unspecified atom stereocenters. The van der Waals surface area contributed by atoms with E-state index in [2.05, 4.69) is 4.99 Å². The maximum atomic E-state index is 13.6. The van der Waals surface area contributed by atoms with Crippen LogP contribution in [0.1, 0.15) is 44.1 Å². The molecule has 0 radical (unpaired) electrons. The Morgan fingerprint density at radius 1 is 1.19 bits per heavy atom. The Labute approximate surface area is 209 Å². The summed E-state index contributed by atoms with van der Waals surface area (Å²) in [7, 11) is 0. The number of hydrogen-bond donors (Lipinski definition) is 4. The zero-order valence-electron chi connectivity index (χ0n) is 20.1. The molecule has 1 fully saturated rings. The summed E-state index contributed by atoms with van der Waals surface area (Å²) in [5.41, 5.74) is 17.3. The van der Waals surface area contributed by atoms with Crippen molar-refractivity contribution in [3.05, 3.63) is 35.9 Å². The molecule has 12 nitrogen and oxygen atoms in total. The fourth-order valence-electron chi connectivity index (χ4n) is 4.19. The Hall–Kier alpha value is -3.80. The number of benzene rings is 1. The molecule has 2 rings (SSSR count). The van der Waals surface area contributed by atoms with Crippen molar-refractivity contribution in [3.63, 3.8) is 0 Å². The number of amides is 3. The van der Waals surface area contributed by atoms with Crippen molar-refractivity contribution in [1.82, 2.24) is 9.80 Å². The zero-order chi connectivity index (χ0) is 26.7. The third-order valence-electron chi connectivity index (χ3n) is 5.95. The van der Waals surface area contributed by atoms with Crippen LogP contribution in [0.5, 0.6) is 0 Å². The first-order valence-corrected chi connectivity index (χ1v) is 11.8. The summed E-state index contributed by atoms with van der Waals surface area (Å²) in [6.07, 6.45) is 1.52. The standard InChI is InChI=1S/C24H34N6O6/c25-18(14-21(33)34)22(35)29-13-5-9-19(29)23(36)30(17(15-31)8-4-12-28-24(26)27)20(32)11-10-16-6-2-1-3-7-16/h1-3,6-7,15,17-19H,4-5,8-14,25H2,(H,33,34)(H4,26,27,28)/t17-,18-,19-/m0/s1. The average molecular weight is 503 g/mol. The summed E-state index contributed by atoms with van der Waals surface area (Å²) in [6, 6.07) is 5.82. The van der Waals surface area contributed by atoms with Gasteiger partial charge >= 0.3 is 5.97 Å². The SMILES string of the molecule is NC(N)=NCCC[C@@H](C=O)N(C(=O)CCc1ccccc1)C(=O)[C@@H]1CCCN1C(=O)[C@@H](N)CC(=O)O. The highest BCUT2D eigenvalue weighted by atomic mass is 16.4. The van der Waals surface area contributed by atoms with E-state index in [1.54, 1.807) is 0 Å². The van der Waals surface area contributed by atoms with Crippen molar-refractivity contribution in [1.29, 1.82) is 0 Å². The van der Waals surface area contributed by atoms with Gasteiger partial charge in [-0.25, -0.2) is 0 Å². The number of imide groups is 1. The van der Waals surface area contributed by atoms with Gasteiger partial charge in [-0.15, -0.1) is 0 Å². The predicted molar refractivity (Wildman–Crippen MR) is 131 cm³/mol. The van der Waals surface area contributed by atoms with E-state index in [1.807, 2.05) is 30.3 Å². The first-order chi connectivity index (χ1) is 17.1. The summed E-state index contributed by atoms with van der Waals surface area (Å²) in [6.45, 7) is 0.413. The number of guanidine groups is 1. The van der Waals surface area contributed by atoms with Gasteiger partial charge in [-0.05, 0) is 37.7 Å². The van der Waals surface area contributed by atoms with E-state index in [0.29, 0.717) is 25.5 Å². The molecule has 1 aromatic carbocycles. The number of aliphatic imine (C=N–C) groups is 1. The van der Waals surface area contributed by atoms with Gasteiger partial charge in [0.2, 0.25) is 11.8 Å². The van der Waals surface area contributed by atoms with Crippen LogP contribution in [0.25, 0.3) is 0 Å². The Balaban J connectivity index is 2.24. The summed E-state index contributed by atoms with van der Waals surface area (Å²) < 4.78 is 0. The molecule has 0 aromatic heterocycles. The molecule has 7 N–H and O–H groups in total. The molecule has 0 saturated carbocycles. The van der Waals surface area contributed by atoms with Crippen molar-refractivity contribution in [3.8, 4) is 0 Å². The van der Waals surface area contributed by atoms with Gasteiger partial charge in [0, 0.05) is 19.5 Å². The lowest BCUT2D eigenvalue weighted by Crippen LogP contribution is -2.56. The molecule has 3 atom stereocenters. The quantitative estimate of drug-likeness (QED) is 0.117. The summed E-state index contributed by atoms with van der Waals surface area (Å²) >= 11 is 0. The molecule has 36 heavy (non-hydrogen) atoms. The van der Waals surface area contributed by atoms with E-state index in [-0.39, 0.29) is 38.3 Å². The van der Waals surface area contributed by atoms with E-state index in [0.717, 1.165) is 10.5 Å². The predicted octanol–water partition coefficient (Wildman–Crippen LogP) is -0.611. The minimum Gasteiger partial charge on any atom is -0.481 e. The number of aliphatic carboxylic acids is 1. The van der Waals surface area contributed by atoms with Crippen LogP contribution in [0.4, 0.5) is 0 Å². The zero-order valence-corrected chi connectivity index (χ0v) is 20.1. The third kappa shape index (κ3) is 8.15. The molecule has 12 heteroatoms. The van der Waals surface area contributed by atoms with Gasteiger partial charge in [0.05, 0.1) is 18.5 Å². The first kappa shape index (κ1) is 28.4. The van der Waals surface area contributed by atoms with Gasteiger partial charge in [0.15, 0.2) is 5.96 Å². The smallest absolute Gasteiger partial charge is 0.305 e. The number of nitrogens with two attached hydrogens (primary N) is 3. The van der Waals surface area contributed by atoms with Crippen LogP contribution in [0, 0.1) is 0 Å². The first-order valence-electron chi connectivity index (χ1n) is 11.8. The van der Waals surface area contributed by atoms with E-state index < -0.39 is 48.2 Å². The average Bonchev–Trinajstić information content (AvgIpc) is 3.33. The van der Waals surface area contributed by atoms with Gasteiger partial charge < -0.3 is 32.0 Å². The van der Waals surface area contributed by atoms with E-state index in [4.69, 9.17) is 22.3 Å². The van der Waals surface area contributed by atoms with Crippen LogP contribution in [-0.2, 0) is 30.4 Å². The number of aldehydes is 1. The number of rotatable bonds is 13. The molecule has 1 heterocycles. The molecule has 1 aliphatic rings. The van der Waals surface area contributed by atoms with Gasteiger partial charge in [-0.1, -0.05) is 30.3 Å². The van der Waals surface area contributed by atoms with Gasteiger partial charge in [0.1, 0.15) is 12.3 Å². The molecule has 0 aliphatic carbocycles. The summed E-state index contributed by atoms with van der Waals surface area (Å²) in [5, 5.41) is 8.97. The molecule has 0 spiro atoms. The number of likely N-dealkylation sites (tertiary alicyclic amines) is 1. The second kappa shape index (κ2) is 13.9. The lowest BCUT2D eigenvalue weighted by Gasteiger charge is -2.33. The molecular formula is C24H34N6O6. The fraction of sp³-hybridized carbons (Fsp3) is 0.500.